The van der Waals surface area contributed by atoms with E-state index in [0.29, 0.717) is 29.0 Å². The lowest BCUT2D eigenvalue weighted by Crippen LogP contribution is -2.29. The van der Waals surface area contributed by atoms with Gasteiger partial charge in [0.2, 0.25) is 0 Å². The SMILES string of the molecule is C=CCCO[C@H](C)C(=O)[C@@H](C#N)c1nc2cc(Cl)ccc2c(=O)[nH]1. The van der Waals surface area contributed by atoms with Crippen molar-refractivity contribution in [3.8, 4) is 6.07 Å². The molecule has 2 rings (SSSR count). The predicted molar refractivity (Wildman–Crippen MR) is 91.0 cm³/mol. The first-order valence-corrected chi connectivity index (χ1v) is 7.71. The Balaban J connectivity index is 2.35. The van der Waals surface area contributed by atoms with Crippen molar-refractivity contribution in [2.24, 2.45) is 0 Å². The summed E-state index contributed by atoms with van der Waals surface area (Å²) < 4.78 is 5.37. The topological polar surface area (TPSA) is 95.8 Å². The van der Waals surface area contributed by atoms with Crippen LogP contribution in [0.4, 0.5) is 0 Å². The van der Waals surface area contributed by atoms with Crippen molar-refractivity contribution in [3.05, 3.63) is 52.1 Å². The van der Waals surface area contributed by atoms with E-state index in [-0.39, 0.29) is 5.82 Å². The van der Waals surface area contributed by atoms with E-state index in [9.17, 15) is 14.9 Å². The lowest BCUT2D eigenvalue weighted by molar-refractivity contribution is -0.129. The Kier molecular flexibility index (Phi) is 5.85. The van der Waals surface area contributed by atoms with Crippen LogP contribution in [0.25, 0.3) is 10.9 Å². The van der Waals surface area contributed by atoms with Gasteiger partial charge in [0, 0.05) is 5.02 Å². The molecule has 1 aromatic heterocycles. The number of halogens is 1. The van der Waals surface area contributed by atoms with Gasteiger partial charge in [-0.15, -0.1) is 6.58 Å². The number of nitriles is 1. The maximum Gasteiger partial charge on any atom is 0.258 e. The van der Waals surface area contributed by atoms with E-state index in [0.717, 1.165) is 0 Å². The average Bonchev–Trinajstić information content (AvgIpc) is 2.55. The molecule has 0 aliphatic rings. The van der Waals surface area contributed by atoms with Crippen LogP contribution in [0.5, 0.6) is 0 Å². The number of aromatic nitrogens is 2. The molecule has 0 saturated heterocycles. The van der Waals surface area contributed by atoms with Gasteiger partial charge in [-0.25, -0.2) is 4.98 Å². The number of nitrogens with one attached hydrogen (secondary N) is 1. The first kappa shape index (κ1) is 17.9. The number of H-pyrrole nitrogens is 1. The van der Waals surface area contributed by atoms with Crippen LogP contribution in [-0.2, 0) is 9.53 Å². The molecular weight excluding hydrogens is 330 g/mol. The number of aromatic amines is 1. The standard InChI is InChI=1S/C17H16ClN3O3/c1-3-4-7-24-10(2)15(22)13(9-19)16-20-14-8-11(18)5-6-12(14)17(23)21-16/h3,5-6,8,10,13H,1,4,7H2,2H3,(H,20,21,23)/t10-,13-/m1/s1. The third-order valence-electron chi connectivity index (χ3n) is 3.46. The van der Waals surface area contributed by atoms with Crippen molar-refractivity contribution < 1.29 is 9.53 Å². The molecule has 6 nitrogen and oxygen atoms in total. The van der Waals surface area contributed by atoms with E-state index in [1.807, 2.05) is 6.07 Å². The molecule has 1 N–H and O–H groups in total. The Morgan fingerprint density at radius 1 is 1.58 bits per heavy atom. The number of hydrogen-bond donors (Lipinski definition) is 1. The van der Waals surface area contributed by atoms with Gasteiger partial charge in [-0.3, -0.25) is 9.59 Å². The van der Waals surface area contributed by atoms with Crippen LogP contribution in [0.1, 0.15) is 25.1 Å². The molecule has 7 heteroatoms. The van der Waals surface area contributed by atoms with Crippen molar-refractivity contribution in [2.45, 2.75) is 25.4 Å². The minimum Gasteiger partial charge on any atom is -0.370 e. The summed E-state index contributed by atoms with van der Waals surface area (Å²) in [6, 6.07) is 6.50. The fourth-order valence-electron chi connectivity index (χ4n) is 2.17. The third-order valence-corrected chi connectivity index (χ3v) is 3.70. The van der Waals surface area contributed by atoms with Crippen LogP contribution in [-0.4, -0.2) is 28.5 Å². The molecule has 124 valence electrons. The highest BCUT2D eigenvalue weighted by atomic mass is 35.5. The second-order valence-corrected chi connectivity index (χ2v) is 5.60. The number of benzene rings is 1. The maximum atomic E-state index is 12.4. The number of fused-ring (bicyclic) bond motifs is 1. The van der Waals surface area contributed by atoms with Gasteiger partial charge in [0.25, 0.3) is 5.56 Å². The van der Waals surface area contributed by atoms with Gasteiger partial charge in [-0.2, -0.15) is 5.26 Å². The van der Waals surface area contributed by atoms with Gasteiger partial charge >= 0.3 is 0 Å². The Bertz CT molecular complexity index is 869. The quantitative estimate of drug-likeness (QED) is 0.614. The monoisotopic (exact) mass is 345 g/mol. The molecule has 0 unspecified atom stereocenters. The number of rotatable bonds is 7. The Hall–Kier alpha value is -2.49. The van der Waals surface area contributed by atoms with E-state index in [1.165, 1.54) is 12.1 Å². The van der Waals surface area contributed by atoms with Gasteiger partial charge in [-0.05, 0) is 31.5 Å². The molecule has 0 radical (unpaired) electrons. The van der Waals surface area contributed by atoms with Crippen LogP contribution in [0, 0.1) is 11.3 Å². The smallest absolute Gasteiger partial charge is 0.258 e. The summed E-state index contributed by atoms with van der Waals surface area (Å²) in [5, 5.41) is 10.1. The molecule has 2 atom stereocenters. The maximum absolute atomic E-state index is 12.4. The highest BCUT2D eigenvalue weighted by Gasteiger charge is 2.28. The van der Waals surface area contributed by atoms with Gasteiger partial charge in [0.1, 0.15) is 11.9 Å². The zero-order chi connectivity index (χ0) is 17.7. The van der Waals surface area contributed by atoms with E-state index in [2.05, 4.69) is 16.5 Å². The Morgan fingerprint density at radius 2 is 2.33 bits per heavy atom. The van der Waals surface area contributed by atoms with Crippen LogP contribution >= 0.6 is 11.6 Å². The van der Waals surface area contributed by atoms with Crippen molar-refractivity contribution in [3.63, 3.8) is 0 Å². The van der Waals surface area contributed by atoms with Crippen LogP contribution in [0.3, 0.4) is 0 Å². The fraction of sp³-hybridized carbons (Fsp3) is 0.294. The first-order chi connectivity index (χ1) is 11.5. The molecular formula is C17H16ClN3O3. The van der Waals surface area contributed by atoms with Crippen LogP contribution in [0.2, 0.25) is 5.02 Å². The summed E-state index contributed by atoms with van der Waals surface area (Å²) in [7, 11) is 0. The van der Waals surface area contributed by atoms with E-state index in [4.69, 9.17) is 16.3 Å². The number of ketones is 1. The van der Waals surface area contributed by atoms with Gasteiger partial charge in [0.15, 0.2) is 11.7 Å². The molecule has 0 aliphatic heterocycles. The van der Waals surface area contributed by atoms with E-state index < -0.39 is 23.4 Å². The second kappa shape index (κ2) is 7.86. The lowest BCUT2D eigenvalue weighted by Gasteiger charge is -2.15. The zero-order valence-corrected chi connectivity index (χ0v) is 13.8. The zero-order valence-electron chi connectivity index (χ0n) is 13.1. The Labute approximate surface area is 143 Å². The summed E-state index contributed by atoms with van der Waals surface area (Å²) in [6.45, 7) is 5.46. The average molecular weight is 346 g/mol. The normalized spacial score (nSPS) is 13.2. The molecule has 0 saturated carbocycles. The van der Waals surface area contributed by atoms with Crippen LogP contribution in [0.15, 0.2) is 35.6 Å². The summed E-state index contributed by atoms with van der Waals surface area (Å²) in [4.78, 5) is 31.3. The third kappa shape index (κ3) is 3.88. The minimum absolute atomic E-state index is 0.0126. The Morgan fingerprint density at radius 3 is 3.00 bits per heavy atom. The molecule has 0 spiro atoms. The number of carbonyl (C=O) groups is 1. The number of hydrogen-bond acceptors (Lipinski definition) is 5. The molecule has 0 amide bonds. The molecule has 2 aromatic rings. The van der Waals surface area contributed by atoms with Crippen molar-refractivity contribution in [1.29, 1.82) is 5.26 Å². The summed E-state index contributed by atoms with van der Waals surface area (Å²) in [5.74, 6) is -1.70. The van der Waals surface area contributed by atoms with Gasteiger partial charge < -0.3 is 9.72 Å². The van der Waals surface area contributed by atoms with E-state index in [1.54, 1.807) is 19.1 Å². The van der Waals surface area contributed by atoms with Crippen molar-refractivity contribution >= 4 is 28.3 Å². The minimum atomic E-state index is -1.22. The van der Waals surface area contributed by atoms with Crippen molar-refractivity contribution in [1.82, 2.24) is 9.97 Å². The molecule has 1 aromatic carbocycles. The van der Waals surface area contributed by atoms with Gasteiger partial charge in [-0.1, -0.05) is 17.7 Å². The highest BCUT2D eigenvalue weighted by Crippen LogP contribution is 2.19. The number of nitrogens with zero attached hydrogens (tertiary/aromatic N) is 2. The molecule has 0 bridgehead atoms. The summed E-state index contributed by atoms with van der Waals surface area (Å²) in [6.07, 6.45) is 1.47. The number of carbonyl (C=O) groups excluding carboxylic acids is 1. The number of Topliss-reactive ketones (excluding diaryl/α,β-unsaturated/α-hetero) is 1. The molecule has 0 aliphatic carbocycles. The second-order valence-electron chi connectivity index (χ2n) is 5.17. The summed E-state index contributed by atoms with van der Waals surface area (Å²) in [5.41, 5.74) is -0.102. The highest BCUT2D eigenvalue weighted by molar-refractivity contribution is 6.31. The van der Waals surface area contributed by atoms with Crippen LogP contribution < -0.4 is 5.56 Å². The first-order valence-electron chi connectivity index (χ1n) is 7.33. The molecule has 24 heavy (non-hydrogen) atoms. The predicted octanol–water partition coefficient (Wildman–Crippen LogP) is 2.73. The fourth-order valence-corrected chi connectivity index (χ4v) is 2.34. The molecule has 0 fully saturated rings. The van der Waals surface area contributed by atoms with Gasteiger partial charge in [0.05, 0.1) is 23.6 Å². The number of ether oxygens (including phenoxy) is 1. The van der Waals surface area contributed by atoms with E-state index >= 15 is 0 Å². The summed E-state index contributed by atoms with van der Waals surface area (Å²) >= 11 is 5.91. The molecule has 1 heterocycles. The van der Waals surface area contributed by atoms with Crippen molar-refractivity contribution in [2.75, 3.05) is 6.61 Å². The lowest BCUT2D eigenvalue weighted by atomic mass is 10.0. The largest absolute Gasteiger partial charge is 0.370 e.